The number of hydrogen-bond donors (Lipinski definition) is 2. The molecule has 3 nitrogen and oxygen atoms in total. The molecule has 1 aliphatic carbocycles. The van der Waals surface area contributed by atoms with Crippen LogP contribution >= 0.6 is 0 Å². The molecule has 86 valence electrons. The van der Waals surface area contributed by atoms with Crippen molar-refractivity contribution in [2.45, 2.75) is 19.8 Å². The molecule has 1 fully saturated rings. The van der Waals surface area contributed by atoms with Crippen LogP contribution in [0.2, 0.25) is 0 Å². The minimum Gasteiger partial charge on any atom is -0.381 e. The van der Waals surface area contributed by atoms with E-state index in [0.717, 1.165) is 36.3 Å². The first-order chi connectivity index (χ1) is 8.24. The smallest absolute Gasteiger partial charge is 0.0747 e. The molecule has 1 heterocycles. The van der Waals surface area contributed by atoms with E-state index in [1.165, 1.54) is 5.39 Å². The Kier molecular flexibility index (Phi) is 2.12. The second-order valence-electron chi connectivity index (χ2n) is 4.92. The predicted molar refractivity (Wildman–Crippen MR) is 68.8 cm³/mol. The molecule has 1 aliphatic rings. The predicted octanol–water partition coefficient (Wildman–Crippen LogP) is 3.19. The molecule has 3 heteroatoms. The highest BCUT2D eigenvalue weighted by Gasteiger charge is 2.43. The van der Waals surface area contributed by atoms with Crippen molar-refractivity contribution in [3.05, 3.63) is 30.0 Å². The maximum Gasteiger partial charge on any atom is 0.0747 e. The summed E-state index contributed by atoms with van der Waals surface area (Å²) in [6, 6.07) is 10.7. The average Bonchev–Trinajstić information content (AvgIpc) is 3.05. The van der Waals surface area contributed by atoms with Gasteiger partial charge in [0.2, 0.25) is 0 Å². The van der Waals surface area contributed by atoms with Crippen LogP contribution in [0.25, 0.3) is 10.9 Å². The molecule has 2 N–H and O–H groups in total. The van der Waals surface area contributed by atoms with E-state index >= 15 is 0 Å². The van der Waals surface area contributed by atoms with Gasteiger partial charge in [-0.3, -0.25) is 0 Å². The second-order valence-corrected chi connectivity index (χ2v) is 4.92. The zero-order chi connectivity index (χ0) is 11.9. The molecule has 0 unspecified atom stereocenters. The average molecular weight is 225 g/mol. The number of nitrogens with one attached hydrogen (secondary N) is 2. The summed E-state index contributed by atoms with van der Waals surface area (Å²) in [5.74, 6) is 0. The Hall–Kier alpha value is -1.95. The monoisotopic (exact) mass is 225 g/mol. The van der Waals surface area contributed by atoms with Crippen molar-refractivity contribution in [2.75, 3.05) is 11.9 Å². The zero-order valence-corrected chi connectivity index (χ0v) is 9.88. The summed E-state index contributed by atoms with van der Waals surface area (Å²) in [7, 11) is 0. The first kappa shape index (κ1) is 10.2. The molecule has 2 aromatic rings. The highest BCUT2D eigenvalue weighted by Crippen LogP contribution is 2.45. The standard InChI is InChI=1S/C14H15N3/c1-10-13(16-9-14(8-15)6-7-14)11-4-2-3-5-12(11)17-10/h2-5,16-17H,6-7,9H2,1H3. The minimum absolute atomic E-state index is 0.106. The van der Waals surface area contributed by atoms with Crippen molar-refractivity contribution < 1.29 is 0 Å². The molecular weight excluding hydrogens is 210 g/mol. The van der Waals surface area contributed by atoms with Gasteiger partial charge in [-0.15, -0.1) is 0 Å². The Bertz CT molecular complexity index is 599. The molecule has 0 bridgehead atoms. The maximum atomic E-state index is 9.07. The number of H-pyrrole nitrogens is 1. The zero-order valence-electron chi connectivity index (χ0n) is 9.88. The molecule has 17 heavy (non-hydrogen) atoms. The molecule has 0 amide bonds. The molecule has 0 spiro atoms. The van der Waals surface area contributed by atoms with Crippen molar-refractivity contribution in [3.63, 3.8) is 0 Å². The van der Waals surface area contributed by atoms with E-state index < -0.39 is 0 Å². The van der Waals surface area contributed by atoms with E-state index in [0.29, 0.717) is 0 Å². The molecule has 3 rings (SSSR count). The molecule has 0 aliphatic heterocycles. The van der Waals surface area contributed by atoms with E-state index in [4.69, 9.17) is 5.26 Å². The van der Waals surface area contributed by atoms with E-state index in [2.05, 4.69) is 35.4 Å². The van der Waals surface area contributed by atoms with Crippen molar-refractivity contribution in [2.24, 2.45) is 5.41 Å². The number of anilines is 1. The Morgan fingerprint density at radius 2 is 2.18 bits per heavy atom. The largest absolute Gasteiger partial charge is 0.381 e. The van der Waals surface area contributed by atoms with Crippen LogP contribution in [0.3, 0.4) is 0 Å². The third-order valence-corrected chi connectivity index (χ3v) is 3.59. The van der Waals surface area contributed by atoms with Gasteiger partial charge < -0.3 is 10.3 Å². The highest BCUT2D eigenvalue weighted by atomic mass is 14.9. The lowest BCUT2D eigenvalue weighted by Gasteiger charge is -2.09. The quantitative estimate of drug-likeness (QED) is 0.842. The molecule has 1 saturated carbocycles. The van der Waals surface area contributed by atoms with E-state index in [1.54, 1.807) is 0 Å². The SMILES string of the molecule is Cc1[nH]c2ccccc2c1NCC1(C#N)CC1. The lowest BCUT2D eigenvalue weighted by Crippen LogP contribution is -2.13. The maximum absolute atomic E-state index is 9.07. The van der Waals surface area contributed by atoms with Crippen LogP contribution in [-0.4, -0.2) is 11.5 Å². The number of nitriles is 1. The summed E-state index contributed by atoms with van der Waals surface area (Å²) < 4.78 is 0. The third-order valence-electron chi connectivity index (χ3n) is 3.59. The topological polar surface area (TPSA) is 51.6 Å². The first-order valence-electron chi connectivity index (χ1n) is 5.97. The van der Waals surface area contributed by atoms with Crippen molar-refractivity contribution in [1.82, 2.24) is 4.98 Å². The van der Waals surface area contributed by atoms with E-state index in [9.17, 15) is 0 Å². The number of hydrogen-bond acceptors (Lipinski definition) is 2. The Labute approximate surface area is 100 Å². The highest BCUT2D eigenvalue weighted by molar-refractivity contribution is 5.94. The van der Waals surface area contributed by atoms with Gasteiger partial charge in [0.1, 0.15) is 0 Å². The van der Waals surface area contributed by atoms with Gasteiger partial charge in [-0.05, 0) is 25.8 Å². The van der Waals surface area contributed by atoms with Crippen LogP contribution < -0.4 is 5.32 Å². The van der Waals surface area contributed by atoms with Crippen LogP contribution in [-0.2, 0) is 0 Å². The van der Waals surface area contributed by atoms with Gasteiger partial charge >= 0.3 is 0 Å². The van der Waals surface area contributed by atoms with Gasteiger partial charge in [0, 0.05) is 23.1 Å². The molecule has 1 aromatic carbocycles. The summed E-state index contributed by atoms with van der Waals surface area (Å²) in [5.41, 5.74) is 3.32. The van der Waals surface area contributed by atoms with Crippen LogP contribution in [0.4, 0.5) is 5.69 Å². The van der Waals surface area contributed by atoms with Crippen LogP contribution in [0.5, 0.6) is 0 Å². The lowest BCUT2D eigenvalue weighted by molar-refractivity contribution is 0.711. The van der Waals surface area contributed by atoms with Gasteiger partial charge in [0.15, 0.2) is 0 Å². The van der Waals surface area contributed by atoms with Gasteiger partial charge in [-0.1, -0.05) is 18.2 Å². The molecule has 1 aromatic heterocycles. The normalized spacial score (nSPS) is 16.7. The van der Waals surface area contributed by atoms with Crippen molar-refractivity contribution in [3.8, 4) is 6.07 Å². The van der Waals surface area contributed by atoms with Gasteiger partial charge in [0.05, 0.1) is 17.2 Å². The number of rotatable bonds is 3. The summed E-state index contributed by atoms with van der Waals surface area (Å²) in [4.78, 5) is 3.36. The Morgan fingerprint density at radius 1 is 1.41 bits per heavy atom. The fourth-order valence-electron chi connectivity index (χ4n) is 2.24. The second kappa shape index (κ2) is 3.53. The number of fused-ring (bicyclic) bond motifs is 1. The van der Waals surface area contributed by atoms with Gasteiger partial charge in [-0.25, -0.2) is 0 Å². The minimum atomic E-state index is -0.106. The van der Waals surface area contributed by atoms with E-state index in [-0.39, 0.29) is 5.41 Å². The number of aromatic amines is 1. The summed E-state index contributed by atoms with van der Waals surface area (Å²) in [6.07, 6.45) is 2.05. The summed E-state index contributed by atoms with van der Waals surface area (Å²) in [6.45, 7) is 2.82. The van der Waals surface area contributed by atoms with Crippen molar-refractivity contribution in [1.29, 1.82) is 5.26 Å². The van der Waals surface area contributed by atoms with Crippen LogP contribution in [0.15, 0.2) is 24.3 Å². The molecule has 0 saturated heterocycles. The fraction of sp³-hybridized carbons (Fsp3) is 0.357. The fourth-order valence-corrected chi connectivity index (χ4v) is 2.24. The number of aromatic nitrogens is 1. The number of nitrogens with zero attached hydrogens (tertiary/aromatic N) is 1. The number of para-hydroxylation sites is 1. The Morgan fingerprint density at radius 3 is 2.88 bits per heavy atom. The van der Waals surface area contributed by atoms with E-state index in [1.807, 2.05) is 12.1 Å². The number of aryl methyl sites for hydroxylation is 1. The Balaban J connectivity index is 1.90. The van der Waals surface area contributed by atoms with Gasteiger partial charge in [-0.2, -0.15) is 5.26 Å². The molecular formula is C14H15N3. The van der Waals surface area contributed by atoms with Crippen LogP contribution in [0.1, 0.15) is 18.5 Å². The number of benzene rings is 1. The van der Waals surface area contributed by atoms with Gasteiger partial charge in [0.25, 0.3) is 0 Å². The summed E-state index contributed by atoms with van der Waals surface area (Å²) >= 11 is 0. The lowest BCUT2D eigenvalue weighted by atomic mass is 10.1. The van der Waals surface area contributed by atoms with Crippen molar-refractivity contribution >= 4 is 16.6 Å². The third kappa shape index (κ3) is 1.66. The van der Waals surface area contributed by atoms with Crippen LogP contribution in [0, 0.1) is 23.7 Å². The first-order valence-corrected chi connectivity index (χ1v) is 5.97. The summed E-state index contributed by atoms with van der Waals surface area (Å²) in [5, 5.41) is 13.7. The molecule has 0 atom stereocenters. The molecule has 0 radical (unpaired) electrons.